The summed E-state index contributed by atoms with van der Waals surface area (Å²) in [7, 11) is 4.31. The van der Waals surface area contributed by atoms with E-state index in [1.807, 2.05) is 0 Å². The number of benzene rings is 1. The van der Waals surface area contributed by atoms with Gasteiger partial charge in [-0.3, -0.25) is 4.99 Å². The van der Waals surface area contributed by atoms with Crippen molar-refractivity contribution in [2.75, 3.05) is 46.9 Å². The SMILES string of the molecule is CCNC(=NCC1(N(C)C)CCOCC1)NCCc1cc(C)cc(C)c1. The molecule has 1 fully saturated rings. The van der Waals surface area contributed by atoms with E-state index < -0.39 is 0 Å². The van der Waals surface area contributed by atoms with Crippen LogP contribution in [-0.4, -0.2) is 63.3 Å². The molecule has 0 radical (unpaired) electrons. The number of nitrogens with one attached hydrogen (secondary N) is 2. The van der Waals surface area contributed by atoms with Crippen molar-refractivity contribution in [1.29, 1.82) is 0 Å². The molecule has 0 aliphatic carbocycles. The number of hydrogen-bond donors (Lipinski definition) is 2. The van der Waals surface area contributed by atoms with Gasteiger partial charge in [0.25, 0.3) is 0 Å². The first-order chi connectivity index (χ1) is 12.4. The predicted octanol–water partition coefficient (Wildman–Crippen LogP) is 2.51. The van der Waals surface area contributed by atoms with Crippen LogP contribution in [0.2, 0.25) is 0 Å². The average molecular weight is 361 g/mol. The molecule has 2 N–H and O–H groups in total. The Morgan fingerprint density at radius 2 is 1.77 bits per heavy atom. The third-order valence-electron chi connectivity index (χ3n) is 5.24. The summed E-state index contributed by atoms with van der Waals surface area (Å²) in [5.41, 5.74) is 4.13. The van der Waals surface area contributed by atoms with Gasteiger partial charge in [0.1, 0.15) is 0 Å². The van der Waals surface area contributed by atoms with Crippen LogP contribution in [0.3, 0.4) is 0 Å². The van der Waals surface area contributed by atoms with Gasteiger partial charge in [-0.15, -0.1) is 0 Å². The van der Waals surface area contributed by atoms with Gasteiger partial charge in [-0.25, -0.2) is 0 Å². The van der Waals surface area contributed by atoms with Gasteiger partial charge in [0.2, 0.25) is 0 Å². The average Bonchev–Trinajstić information content (AvgIpc) is 2.59. The summed E-state index contributed by atoms with van der Waals surface area (Å²) in [6.45, 7) is 10.6. The zero-order valence-corrected chi connectivity index (χ0v) is 17.2. The van der Waals surface area contributed by atoms with E-state index in [2.05, 4.69) is 68.6 Å². The van der Waals surface area contributed by atoms with Gasteiger partial charge in [-0.1, -0.05) is 29.3 Å². The van der Waals surface area contributed by atoms with E-state index >= 15 is 0 Å². The quantitative estimate of drug-likeness (QED) is 0.579. The molecule has 0 saturated carbocycles. The zero-order chi connectivity index (χ0) is 19.0. The van der Waals surface area contributed by atoms with Crippen molar-refractivity contribution < 1.29 is 4.74 Å². The molecule has 1 aromatic carbocycles. The summed E-state index contributed by atoms with van der Waals surface area (Å²) in [6, 6.07) is 6.75. The van der Waals surface area contributed by atoms with Gasteiger partial charge in [-0.05, 0) is 59.7 Å². The Morgan fingerprint density at radius 1 is 1.12 bits per heavy atom. The Morgan fingerprint density at radius 3 is 2.35 bits per heavy atom. The molecular formula is C21H36N4O. The molecule has 1 aliphatic heterocycles. The van der Waals surface area contributed by atoms with Gasteiger partial charge in [0, 0.05) is 31.8 Å². The van der Waals surface area contributed by atoms with Crippen LogP contribution in [0.5, 0.6) is 0 Å². The van der Waals surface area contributed by atoms with E-state index in [4.69, 9.17) is 9.73 Å². The number of likely N-dealkylation sites (N-methyl/N-ethyl adjacent to an activating group) is 1. The largest absolute Gasteiger partial charge is 0.381 e. The van der Waals surface area contributed by atoms with E-state index in [0.717, 1.165) is 58.1 Å². The van der Waals surface area contributed by atoms with Crippen molar-refractivity contribution in [2.45, 2.75) is 45.6 Å². The second-order valence-electron chi connectivity index (χ2n) is 7.60. The lowest BCUT2D eigenvalue weighted by Crippen LogP contribution is -2.51. The molecule has 0 bridgehead atoms. The van der Waals surface area contributed by atoms with E-state index in [9.17, 15) is 0 Å². The molecule has 0 amide bonds. The van der Waals surface area contributed by atoms with Crippen LogP contribution in [0.25, 0.3) is 0 Å². The van der Waals surface area contributed by atoms with Gasteiger partial charge in [0.15, 0.2) is 5.96 Å². The standard InChI is InChI=1S/C21H36N4O/c1-6-22-20(23-10-7-19-14-17(2)13-18(3)15-19)24-16-21(25(4)5)8-11-26-12-9-21/h13-15H,6-12,16H2,1-5H3,(H2,22,23,24). The van der Waals surface area contributed by atoms with Crippen LogP contribution in [0.4, 0.5) is 0 Å². The molecule has 0 atom stereocenters. The van der Waals surface area contributed by atoms with Crippen LogP contribution < -0.4 is 10.6 Å². The van der Waals surface area contributed by atoms with Gasteiger partial charge in [0.05, 0.1) is 6.54 Å². The first-order valence-corrected chi connectivity index (χ1v) is 9.80. The summed E-state index contributed by atoms with van der Waals surface area (Å²) in [4.78, 5) is 7.21. The molecule has 1 saturated heterocycles. The summed E-state index contributed by atoms with van der Waals surface area (Å²) < 4.78 is 5.56. The van der Waals surface area contributed by atoms with Gasteiger partial charge in [-0.2, -0.15) is 0 Å². The number of guanidine groups is 1. The van der Waals surface area contributed by atoms with Crippen LogP contribution in [0, 0.1) is 13.8 Å². The number of rotatable bonds is 7. The maximum Gasteiger partial charge on any atom is 0.191 e. The first kappa shape index (κ1) is 20.7. The van der Waals surface area contributed by atoms with Gasteiger partial charge < -0.3 is 20.3 Å². The fourth-order valence-corrected chi connectivity index (χ4v) is 3.60. The third-order valence-corrected chi connectivity index (χ3v) is 5.24. The van der Waals surface area contributed by atoms with E-state index in [1.54, 1.807) is 0 Å². The van der Waals surface area contributed by atoms with Crippen molar-refractivity contribution in [3.05, 3.63) is 34.9 Å². The van der Waals surface area contributed by atoms with Crippen LogP contribution in [0.1, 0.15) is 36.5 Å². The predicted molar refractivity (Wildman–Crippen MR) is 110 cm³/mol. The van der Waals surface area contributed by atoms with Gasteiger partial charge >= 0.3 is 0 Å². The van der Waals surface area contributed by atoms with Crippen molar-refractivity contribution in [2.24, 2.45) is 4.99 Å². The lowest BCUT2D eigenvalue weighted by atomic mass is 9.89. The van der Waals surface area contributed by atoms with E-state index in [-0.39, 0.29) is 5.54 Å². The summed E-state index contributed by atoms with van der Waals surface area (Å²) >= 11 is 0. The maximum absolute atomic E-state index is 5.56. The third kappa shape index (κ3) is 5.99. The Kier molecular flexibility index (Phi) is 7.91. The van der Waals surface area contributed by atoms with Crippen LogP contribution in [-0.2, 0) is 11.2 Å². The highest BCUT2D eigenvalue weighted by Crippen LogP contribution is 2.26. The minimum Gasteiger partial charge on any atom is -0.381 e. The molecule has 146 valence electrons. The monoisotopic (exact) mass is 360 g/mol. The van der Waals surface area contributed by atoms with E-state index in [1.165, 1.54) is 16.7 Å². The van der Waals surface area contributed by atoms with Crippen molar-refractivity contribution in [3.63, 3.8) is 0 Å². The molecule has 0 aromatic heterocycles. The smallest absolute Gasteiger partial charge is 0.191 e. The Labute approximate surface area is 159 Å². The first-order valence-electron chi connectivity index (χ1n) is 9.80. The Balaban J connectivity index is 1.95. The van der Waals surface area contributed by atoms with Crippen molar-refractivity contribution in [1.82, 2.24) is 15.5 Å². The van der Waals surface area contributed by atoms with Crippen LogP contribution in [0.15, 0.2) is 23.2 Å². The summed E-state index contributed by atoms with van der Waals surface area (Å²) in [6.07, 6.45) is 3.07. The number of hydrogen-bond acceptors (Lipinski definition) is 3. The molecule has 26 heavy (non-hydrogen) atoms. The molecular weight excluding hydrogens is 324 g/mol. The second-order valence-corrected chi connectivity index (χ2v) is 7.60. The summed E-state index contributed by atoms with van der Waals surface area (Å²) in [5, 5.41) is 6.87. The molecule has 0 unspecified atom stereocenters. The molecule has 5 nitrogen and oxygen atoms in total. The van der Waals surface area contributed by atoms with E-state index in [0.29, 0.717) is 0 Å². The minimum atomic E-state index is 0.105. The summed E-state index contributed by atoms with van der Waals surface area (Å²) in [5.74, 6) is 0.907. The lowest BCUT2D eigenvalue weighted by Gasteiger charge is -2.41. The Hall–Kier alpha value is -1.59. The molecule has 1 heterocycles. The lowest BCUT2D eigenvalue weighted by molar-refractivity contribution is -0.00254. The molecule has 2 rings (SSSR count). The second kappa shape index (κ2) is 9.93. The van der Waals surface area contributed by atoms with Crippen molar-refractivity contribution in [3.8, 4) is 0 Å². The Bertz CT molecular complexity index is 571. The highest BCUT2D eigenvalue weighted by molar-refractivity contribution is 5.79. The number of nitrogens with zero attached hydrogens (tertiary/aromatic N) is 2. The highest BCUT2D eigenvalue weighted by atomic mass is 16.5. The van der Waals surface area contributed by atoms with Crippen molar-refractivity contribution >= 4 is 5.96 Å². The highest BCUT2D eigenvalue weighted by Gasteiger charge is 2.34. The fourth-order valence-electron chi connectivity index (χ4n) is 3.60. The number of aliphatic imine (C=N–C) groups is 1. The zero-order valence-electron chi connectivity index (χ0n) is 17.2. The minimum absolute atomic E-state index is 0.105. The van der Waals surface area contributed by atoms with Crippen LogP contribution >= 0.6 is 0 Å². The molecule has 1 aromatic rings. The molecule has 0 spiro atoms. The normalized spacial score (nSPS) is 17.4. The fraction of sp³-hybridized carbons (Fsp3) is 0.667. The number of aryl methyl sites for hydroxylation is 2. The molecule has 5 heteroatoms. The maximum atomic E-state index is 5.56. The number of ether oxygens (including phenoxy) is 1. The topological polar surface area (TPSA) is 48.9 Å². The molecule has 1 aliphatic rings.